The van der Waals surface area contributed by atoms with Crippen molar-refractivity contribution in [2.45, 2.75) is 50.6 Å². The SMILES string of the molecule is CC(C)C1SCC(C(=O)O)N1C(=O)C1C2CCC(C2)C1N. The number of hydrogen-bond acceptors (Lipinski definition) is 4. The maximum absolute atomic E-state index is 13.0. The highest BCUT2D eigenvalue weighted by atomic mass is 32.2. The lowest BCUT2D eigenvalue weighted by Gasteiger charge is -2.36. The number of thioether (sulfide) groups is 1. The number of carboxylic acids is 1. The minimum atomic E-state index is -0.893. The first-order chi connectivity index (χ1) is 9.91. The molecule has 3 N–H and O–H groups in total. The van der Waals surface area contributed by atoms with E-state index in [1.54, 1.807) is 16.7 Å². The van der Waals surface area contributed by atoms with Gasteiger partial charge in [-0.1, -0.05) is 13.8 Å². The van der Waals surface area contributed by atoms with Gasteiger partial charge in [0.25, 0.3) is 0 Å². The molecule has 6 heteroatoms. The van der Waals surface area contributed by atoms with Crippen LogP contribution in [0.5, 0.6) is 0 Å². The van der Waals surface area contributed by atoms with Gasteiger partial charge in [0.2, 0.25) is 5.91 Å². The summed E-state index contributed by atoms with van der Waals surface area (Å²) in [6, 6.07) is -0.773. The molecular formula is C15H24N2O3S. The minimum absolute atomic E-state index is 0.00852. The number of aliphatic carboxylic acids is 1. The van der Waals surface area contributed by atoms with Crippen LogP contribution in [0.4, 0.5) is 0 Å². The summed E-state index contributed by atoms with van der Waals surface area (Å²) in [7, 11) is 0. The average Bonchev–Trinajstić information content (AvgIpc) is 3.11. The number of rotatable bonds is 3. The molecule has 2 bridgehead atoms. The van der Waals surface area contributed by atoms with E-state index in [2.05, 4.69) is 0 Å². The molecule has 0 spiro atoms. The van der Waals surface area contributed by atoms with Crippen molar-refractivity contribution in [3.8, 4) is 0 Å². The third kappa shape index (κ3) is 2.36. The fraction of sp³-hybridized carbons (Fsp3) is 0.867. The number of fused-ring (bicyclic) bond motifs is 2. The highest BCUT2D eigenvalue weighted by molar-refractivity contribution is 8.00. The molecule has 1 heterocycles. The summed E-state index contributed by atoms with van der Waals surface area (Å²) < 4.78 is 0. The number of nitrogens with zero attached hydrogens (tertiary/aromatic N) is 1. The third-order valence-corrected chi connectivity index (χ3v) is 7.03. The number of carbonyl (C=O) groups is 2. The Bertz CT molecular complexity index is 454. The second-order valence-corrected chi connectivity index (χ2v) is 8.15. The van der Waals surface area contributed by atoms with Gasteiger partial charge in [-0.05, 0) is 37.0 Å². The maximum atomic E-state index is 13.0. The van der Waals surface area contributed by atoms with Crippen LogP contribution in [-0.2, 0) is 9.59 Å². The second-order valence-electron chi connectivity index (χ2n) is 7.00. The van der Waals surface area contributed by atoms with Crippen molar-refractivity contribution in [3.05, 3.63) is 0 Å². The molecule has 0 aromatic heterocycles. The second kappa shape index (κ2) is 5.47. The Morgan fingerprint density at radius 3 is 2.48 bits per heavy atom. The normalized spacial score (nSPS) is 42.0. The molecule has 118 valence electrons. The van der Waals surface area contributed by atoms with Crippen molar-refractivity contribution >= 4 is 23.6 Å². The van der Waals surface area contributed by atoms with Gasteiger partial charge in [0.05, 0.1) is 11.3 Å². The van der Waals surface area contributed by atoms with E-state index in [-0.39, 0.29) is 29.2 Å². The molecular weight excluding hydrogens is 288 g/mol. The lowest BCUT2D eigenvalue weighted by Crippen LogP contribution is -2.53. The van der Waals surface area contributed by atoms with Gasteiger partial charge in [-0.15, -0.1) is 11.8 Å². The van der Waals surface area contributed by atoms with Crippen LogP contribution >= 0.6 is 11.8 Å². The predicted molar refractivity (Wildman–Crippen MR) is 81.7 cm³/mol. The van der Waals surface area contributed by atoms with Crippen molar-refractivity contribution in [3.63, 3.8) is 0 Å². The van der Waals surface area contributed by atoms with Crippen LogP contribution in [0.1, 0.15) is 33.1 Å². The first-order valence-electron chi connectivity index (χ1n) is 7.84. The number of nitrogens with two attached hydrogens (primary N) is 1. The molecule has 1 aliphatic heterocycles. The first-order valence-corrected chi connectivity index (χ1v) is 8.88. The van der Waals surface area contributed by atoms with Crippen molar-refractivity contribution in [1.82, 2.24) is 4.90 Å². The molecule has 6 atom stereocenters. The fourth-order valence-corrected chi connectivity index (χ4v) is 5.86. The monoisotopic (exact) mass is 312 g/mol. The summed E-state index contributed by atoms with van der Waals surface area (Å²) in [6.07, 6.45) is 3.24. The third-order valence-electron chi connectivity index (χ3n) is 5.41. The average molecular weight is 312 g/mol. The Labute approximate surface area is 129 Å². The largest absolute Gasteiger partial charge is 0.480 e. The Hall–Kier alpha value is -0.750. The van der Waals surface area contributed by atoms with Crippen molar-refractivity contribution in [2.75, 3.05) is 5.75 Å². The smallest absolute Gasteiger partial charge is 0.327 e. The van der Waals surface area contributed by atoms with Gasteiger partial charge in [-0.25, -0.2) is 4.79 Å². The molecule has 3 aliphatic rings. The molecule has 1 saturated heterocycles. The molecule has 1 amide bonds. The van der Waals surface area contributed by atoms with Gasteiger partial charge in [0, 0.05) is 11.8 Å². The molecule has 3 rings (SSSR count). The van der Waals surface area contributed by atoms with Crippen molar-refractivity contribution in [1.29, 1.82) is 0 Å². The molecule has 21 heavy (non-hydrogen) atoms. The predicted octanol–water partition coefficient (Wildman–Crippen LogP) is 1.37. The minimum Gasteiger partial charge on any atom is -0.480 e. The molecule has 2 saturated carbocycles. The summed E-state index contributed by atoms with van der Waals surface area (Å²) in [4.78, 5) is 26.2. The Balaban J connectivity index is 1.85. The Kier molecular flexibility index (Phi) is 3.94. The number of hydrogen-bond donors (Lipinski definition) is 2. The fourth-order valence-electron chi connectivity index (χ4n) is 4.38. The molecule has 2 aliphatic carbocycles. The maximum Gasteiger partial charge on any atom is 0.327 e. The van der Waals surface area contributed by atoms with Crippen molar-refractivity contribution in [2.24, 2.45) is 29.4 Å². The van der Waals surface area contributed by atoms with Gasteiger partial charge in [-0.3, -0.25) is 4.79 Å². The first kappa shape index (κ1) is 15.2. The topological polar surface area (TPSA) is 83.6 Å². The van der Waals surface area contributed by atoms with Gasteiger partial charge >= 0.3 is 5.97 Å². The number of carboxylic acid groups (broad SMARTS) is 1. The van der Waals surface area contributed by atoms with E-state index in [1.165, 1.54) is 0 Å². The zero-order valence-corrected chi connectivity index (χ0v) is 13.4. The van der Waals surface area contributed by atoms with E-state index >= 15 is 0 Å². The van der Waals surface area contributed by atoms with Crippen LogP contribution < -0.4 is 5.73 Å². The lowest BCUT2D eigenvalue weighted by molar-refractivity contribution is -0.152. The highest BCUT2D eigenvalue weighted by Crippen LogP contribution is 2.49. The molecule has 6 unspecified atom stereocenters. The van der Waals surface area contributed by atoms with E-state index in [0.717, 1.165) is 19.3 Å². The summed E-state index contributed by atoms with van der Waals surface area (Å²) in [5.74, 6) is 0.496. The van der Waals surface area contributed by atoms with Gasteiger partial charge in [0.1, 0.15) is 6.04 Å². The van der Waals surface area contributed by atoms with Crippen molar-refractivity contribution < 1.29 is 14.7 Å². The van der Waals surface area contributed by atoms with Crippen LogP contribution in [0.15, 0.2) is 0 Å². The summed E-state index contributed by atoms with van der Waals surface area (Å²) in [5, 5.41) is 9.40. The summed E-state index contributed by atoms with van der Waals surface area (Å²) in [6.45, 7) is 4.09. The quantitative estimate of drug-likeness (QED) is 0.822. The summed E-state index contributed by atoms with van der Waals surface area (Å²) >= 11 is 1.59. The zero-order valence-electron chi connectivity index (χ0n) is 12.6. The van der Waals surface area contributed by atoms with Crippen LogP contribution in [0.25, 0.3) is 0 Å². The van der Waals surface area contributed by atoms with Gasteiger partial charge in [0.15, 0.2) is 0 Å². The molecule has 0 aromatic carbocycles. The Morgan fingerprint density at radius 2 is 1.95 bits per heavy atom. The van der Waals surface area contributed by atoms with Crippen LogP contribution in [-0.4, -0.2) is 45.1 Å². The van der Waals surface area contributed by atoms with E-state index in [1.807, 2.05) is 13.8 Å². The highest BCUT2D eigenvalue weighted by Gasteiger charge is 2.53. The van der Waals surface area contributed by atoms with E-state index in [0.29, 0.717) is 17.6 Å². The van der Waals surface area contributed by atoms with Gasteiger partial charge in [-0.2, -0.15) is 0 Å². The van der Waals surface area contributed by atoms with E-state index in [9.17, 15) is 14.7 Å². The number of amides is 1. The molecule has 5 nitrogen and oxygen atoms in total. The molecule has 0 aromatic rings. The summed E-state index contributed by atoms with van der Waals surface area (Å²) in [5.41, 5.74) is 6.27. The Morgan fingerprint density at radius 1 is 1.29 bits per heavy atom. The number of carbonyl (C=O) groups excluding carboxylic acids is 1. The van der Waals surface area contributed by atoms with E-state index in [4.69, 9.17) is 5.73 Å². The zero-order chi connectivity index (χ0) is 15.3. The van der Waals surface area contributed by atoms with Crippen LogP contribution in [0.2, 0.25) is 0 Å². The van der Waals surface area contributed by atoms with E-state index < -0.39 is 12.0 Å². The standard InChI is InChI=1S/C15H24N2O3S/c1-7(2)14-17(10(6-21-14)15(19)20)13(18)11-8-3-4-9(5-8)12(11)16/h7-12,14H,3-6,16H2,1-2H3,(H,19,20). The molecule has 3 fully saturated rings. The van der Waals surface area contributed by atoms with Gasteiger partial charge < -0.3 is 15.7 Å². The molecule has 0 radical (unpaired) electrons. The van der Waals surface area contributed by atoms with Crippen LogP contribution in [0, 0.1) is 23.7 Å². The van der Waals surface area contributed by atoms with Crippen LogP contribution in [0.3, 0.4) is 0 Å². The lowest BCUT2D eigenvalue weighted by atomic mass is 9.83.